The van der Waals surface area contributed by atoms with Crippen molar-refractivity contribution in [3.8, 4) is 0 Å². The summed E-state index contributed by atoms with van der Waals surface area (Å²) >= 11 is 6.17. The number of fused-ring (bicyclic) bond motifs is 1. The van der Waals surface area contributed by atoms with E-state index >= 15 is 0 Å². The first-order valence-electron chi connectivity index (χ1n) is 8.69. The molecule has 1 aromatic carbocycles. The molecule has 3 amide bonds. The molecule has 25 heavy (non-hydrogen) atoms. The number of hydrogen-bond donors (Lipinski definition) is 0. The molecule has 3 rings (SSSR count). The number of carbonyl (C=O) groups excluding carboxylic acids is 3. The third kappa shape index (κ3) is 3.30. The Hall–Kier alpha value is -1.88. The van der Waals surface area contributed by atoms with E-state index < -0.39 is 0 Å². The van der Waals surface area contributed by atoms with Gasteiger partial charge in [-0.05, 0) is 49.8 Å². The zero-order valence-electron chi connectivity index (χ0n) is 14.8. The molecule has 0 radical (unpaired) electrons. The van der Waals surface area contributed by atoms with Gasteiger partial charge >= 0.3 is 0 Å². The number of amides is 3. The fourth-order valence-electron chi connectivity index (χ4n) is 3.85. The van der Waals surface area contributed by atoms with Gasteiger partial charge in [-0.15, -0.1) is 0 Å². The summed E-state index contributed by atoms with van der Waals surface area (Å²) in [4.78, 5) is 40.3. The van der Waals surface area contributed by atoms with Crippen LogP contribution in [0.1, 0.15) is 38.7 Å². The van der Waals surface area contributed by atoms with E-state index in [0.717, 1.165) is 24.8 Å². The smallest absolute Gasteiger partial charge is 0.234 e. The normalized spacial score (nSPS) is 25.9. The van der Waals surface area contributed by atoms with Crippen molar-refractivity contribution in [3.63, 3.8) is 0 Å². The number of halogens is 1. The van der Waals surface area contributed by atoms with Gasteiger partial charge in [0.15, 0.2) is 0 Å². The Balaban J connectivity index is 1.85. The lowest BCUT2D eigenvalue weighted by atomic mass is 9.76. The average molecular weight is 363 g/mol. The van der Waals surface area contributed by atoms with Crippen molar-refractivity contribution in [3.05, 3.63) is 28.8 Å². The van der Waals surface area contributed by atoms with Crippen LogP contribution in [-0.4, -0.2) is 29.3 Å². The zero-order chi connectivity index (χ0) is 18.3. The van der Waals surface area contributed by atoms with Gasteiger partial charge in [-0.25, -0.2) is 0 Å². The summed E-state index contributed by atoms with van der Waals surface area (Å²) in [5.74, 6) is -0.523. The minimum absolute atomic E-state index is 0.0478. The number of aryl methyl sites for hydroxylation is 1. The molecule has 3 atom stereocenters. The Bertz CT molecular complexity index is 733. The Morgan fingerprint density at radius 2 is 1.92 bits per heavy atom. The van der Waals surface area contributed by atoms with Gasteiger partial charge in [-0.2, -0.15) is 0 Å². The quantitative estimate of drug-likeness (QED) is 0.774. The van der Waals surface area contributed by atoms with Crippen LogP contribution in [0.5, 0.6) is 0 Å². The fourth-order valence-corrected chi connectivity index (χ4v) is 4.03. The molecule has 5 nitrogen and oxygen atoms in total. The largest absolute Gasteiger partial charge is 0.294 e. The highest BCUT2D eigenvalue weighted by Gasteiger charge is 2.49. The molecule has 1 aromatic rings. The van der Waals surface area contributed by atoms with E-state index in [0.29, 0.717) is 16.6 Å². The van der Waals surface area contributed by atoms with Crippen molar-refractivity contribution < 1.29 is 14.4 Å². The number of likely N-dealkylation sites (tertiary alicyclic amines) is 1. The zero-order valence-corrected chi connectivity index (χ0v) is 15.5. The number of rotatable bonds is 3. The van der Waals surface area contributed by atoms with Crippen LogP contribution < -0.4 is 4.90 Å². The molecule has 0 N–H and O–H groups in total. The Morgan fingerprint density at radius 1 is 1.24 bits per heavy atom. The first-order valence-corrected chi connectivity index (χ1v) is 9.07. The second-order valence-electron chi connectivity index (χ2n) is 7.26. The monoisotopic (exact) mass is 362 g/mol. The maximum absolute atomic E-state index is 12.7. The van der Waals surface area contributed by atoms with Crippen LogP contribution in [0, 0.1) is 24.7 Å². The molecular weight excluding hydrogens is 340 g/mol. The standard InChI is InChI=1S/C19H23ClN2O3/c1-11-4-7-15-16(8-11)19(25)22(18(15)24)10-21(13(3)23)14-6-5-12(2)17(20)9-14/h5-6,9,11,15-16H,4,7-8,10H2,1-3H3. The van der Waals surface area contributed by atoms with Crippen LogP contribution in [0.15, 0.2) is 18.2 Å². The highest BCUT2D eigenvalue weighted by molar-refractivity contribution is 6.31. The molecule has 1 aliphatic carbocycles. The van der Waals surface area contributed by atoms with Crippen molar-refractivity contribution in [2.75, 3.05) is 11.6 Å². The predicted molar refractivity (Wildman–Crippen MR) is 96.1 cm³/mol. The molecule has 0 aromatic heterocycles. The van der Waals surface area contributed by atoms with Crippen molar-refractivity contribution in [1.82, 2.24) is 4.90 Å². The topological polar surface area (TPSA) is 57.7 Å². The van der Waals surface area contributed by atoms with Crippen molar-refractivity contribution in [1.29, 1.82) is 0 Å². The number of benzene rings is 1. The Kier molecular flexibility index (Phi) is 4.87. The van der Waals surface area contributed by atoms with Crippen LogP contribution in [0.2, 0.25) is 5.02 Å². The molecule has 2 aliphatic rings. The summed E-state index contributed by atoms with van der Waals surface area (Å²) in [5.41, 5.74) is 1.49. The van der Waals surface area contributed by atoms with Crippen LogP contribution in [0.25, 0.3) is 0 Å². The summed E-state index contributed by atoms with van der Waals surface area (Å²) in [6.07, 6.45) is 2.48. The first-order chi connectivity index (χ1) is 11.8. The van der Waals surface area contributed by atoms with Gasteiger partial charge in [0, 0.05) is 17.6 Å². The Labute approximate surface area is 152 Å². The third-order valence-electron chi connectivity index (χ3n) is 5.41. The second kappa shape index (κ2) is 6.79. The van der Waals surface area contributed by atoms with Crippen molar-refractivity contribution in [2.45, 2.75) is 40.0 Å². The average Bonchev–Trinajstić information content (AvgIpc) is 2.79. The number of hydrogen-bond acceptors (Lipinski definition) is 3. The number of nitrogens with zero attached hydrogens (tertiary/aromatic N) is 2. The molecule has 134 valence electrons. The molecule has 0 spiro atoms. The number of anilines is 1. The second-order valence-corrected chi connectivity index (χ2v) is 7.66. The predicted octanol–water partition coefficient (Wildman–Crippen LogP) is 3.38. The van der Waals surface area contributed by atoms with Crippen LogP contribution in [-0.2, 0) is 14.4 Å². The molecule has 2 fully saturated rings. The lowest BCUT2D eigenvalue weighted by molar-refractivity contribution is -0.140. The van der Waals surface area contributed by atoms with E-state index in [4.69, 9.17) is 11.6 Å². The maximum Gasteiger partial charge on any atom is 0.234 e. The fraction of sp³-hybridized carbons (Fsp3) is 0.526. The van der Waals surface area contributed by atoms with Crippen molar-refractivity contribution >= 4 is 35.0 Å². The minimum Gasteiger partial charge on any atom is -0.294 e. The molecule has 0 bridgehead atoms. The van der Waals surface area contributed by atoms with Gasteiger partial charge in [0.05, 0.1) is 11.8 Å². The van der Waals surface area contributed by atoms with Gasteiger partial charge < -0.3 is 0 Å². The maximum atomic E-state index is 12.7. The molecule has 1 aliphatic heterocycles. The van der Waals surface area contributed by atoms with E-state index in [2.05, 4.69) is 6.92 Å². The summed E-state index contributed by atoms with van der Waals surface area (Å²) in [6, 6.07) is 5.30. The van der Waals surface area contributed by atoms with Crippen LogP contribution in [0.3, 0.4) is 0 Å². The van der Waals surface area contributed by atoms with E-state index in [9.17, 15) is 14.4 Å². The van der Waals surface area contributed by atoms with Gasteiger partial charge in [0.25, 0.3) is 0 Å². The summed E-state index contributed by atoms with van der Waals surface area (Å²) < 4.78 is 0. The van der Waals surface area contributed by atoms with E-state index in [1.54, 1.807) is 12.1 Å². The van der Waals surface area contributed by atoms with Crippen LogP contribution >= 0.6 is 11.6 Å². The number of carbonyl (C=O) groups is 3. The first kappa shape index (κ1) is 17.9. The molecular formula is C19H23ClN2O3. The molecule has 1 saturated heterocycles. The van der Waals surface area contributed by atoms with Gasteiger partial charge in [-0.1, -0.05) is 24.6 Å². The van der Waals surface area contributed by atoms with Crippen molar-refractivity contribution in [2.24, 2.45) is 17.8 Å². The summed E-state index contributed by atoms with van der Waals surface area (Å²) in [5, 5.41) is 0.547. The van der Waals surface area contributed by atoms with E-state index in [1.807, 2.05) is 13.0 Å². The molecule has 3 unspecified atom stereocenters. The highest BCUT2D eigenvalue weighted by Crippen LogP contribution is 2.40. The molecule has 1 saturated carbocycles. The van der Waals surface area contributed by atoms with Gasteiger partial charge in [-0.3, -0.25) is 24.2 Å². The Morgan fingerprint density at radius 3 is 2.56 bits per heavy atom. The van der Waals surface area contributed by atoms with E-state index in [-0.39, 0.29) is 36.2 Å². The van der Waals surface area contributed by atoms with Gasteiger partial charge in [0.2, 0.25) is 17.7 Å². The SMILES string of the molecule is CC(=O)N(CN1C(=O)C2CCC(C)CC2C1=O)c1ccc(C)c(Cl)c1. The van der Waals surface area contributed by atoms with Crippen LogP contribution in [0.4, 0.5) is 5.69 Å². The van der Waals surface area contributed by atoms with E-state index in [1.165, 1.54) is 16.7 Å². The minimum atomic E-state index is -0.233. The number of imide groups is 1. The summed E-state index contributed by atoms with van der Waals surface area (Å²) in [6.45, 7) is 5.37. The molecule has 6 heteroatoms. The lowest BCUT2D eigenvalue weighted by Crippen LogP contribution is -2.44. The molecule has 1 heterocycles. The lowest BCUT2D eigenvalue weighted by Gasteiger charge is -2.26. The summed E-state index contributed by atoms with van der Waals surface area (Å²) in [7, 11) is 0. The third-order valence-corrected chi connectivity index (χ3v) is 5.82. The highest BCUT2D eigenvalue weighted by atomic mass is 35.5. The van der Waals surface area contributed by atoms with Gasteiger partial charge in [0.1, 0.15) is 6.67 Å².